The van der Waals surface area contributed by atoms with Gasteiger partial charge in [-0.25, -0.2) is 9.37 Å². The molecule has 1 aliphatic rings. The number of nitrogens with zero attached hydrogens (tertiary/aromatic N) is 1. The molecule has 100 valence electrons. The van der Waals surface area contributed by atoms with E-state index in [0.29, 0.717) is 21.9 Å². The molecular formula is C15H11FN2OS. The van der Waals surface area contributed by atoms with Crippen LogP contribution in [-0.2, 0) is 0 Å². The van der Waals surface area contributed by atoms with Crippen molar-refractivity contribution in [2.24, 2.45) is 0 Å². The highest BCUT2D eigenvalue weighted by Crippen LogP contribution is 2.38. The monoisotopic (exact) mass is 286 g/mol. The molecule has 1 aromatic carbocycles. The lowest BCUT2D eigenvalue weighted by Crippen LogP contribution is -1.94. The Hall–Kier alpha value is -2.01. The third kappa shape index (κ3) is 2.04. The van der Waals surface area contributed by atoms with Gasteiger partial charge in [0.05, 0.1) is 5.69 Å². The van der Waals surface area contributed by atoms with Gasteiger partial charge in [-0.05, 0) is 37.1 Å². The zero-order valence-corrected chi connectivity index (χ0v) is 11.3. The highest BCUT2D eigenvalue weighted by atomic mass is 32.1. The molecule has 1 aliphatic carbocycles. The number of hydrogen-bond acceptors (Lipinski definition) is 3. The van der Waals surface area contributed by atoms with E-state index in [2.05, 4.69) is 9.97 Å². The van der Waals surface area contributed by atoms with Crippen molar-refractivity contribution in [2.45, 2.75) is 18.8 Å². The normalized spacial score (nSPS) is 14.8. The van der Waals surface area contributed by atoms with Crippen LogP contribution in [0, 0.1) is 10.5 Å². The average Bonchev–Trinajstić information content (AvgIpc) is 3.18. The summed E-state index contributed by atoms with van der Waals surface area (Å²) in [7, 11) is 0. The van der Waals surface area contributed by atoms with Crippen LogP contribution in [0.1, 0.15) is 24.6 Å². The van der Waals surface area contributed by atoms with E-state index in [-0.39, 0.29) is 5.82 Å². The SMILES string of the molecule is Fc1ccc2oc(-c3cc(=S)nc(C4CC4)[nH]3)cc2c1. The lowest BCUT2D eigenvalue weighted by Gasteiger charge is -2.02. The predicted molar refractivity (Wildman–Crippen MR) is 76.6 cm³/mol. The van der Waals surface area contributed by atoms with E-state index >= 15 is 0 Å². The molecule has 20 heavy (non-hydrogen) atoms. The molecule has 0 amide bonds. The summed E-state index contributed by atoms with van der Waals surface area (Å²) in [6.45, 7) is 0. The fraction of sp³-hybridized carbons (Fsp3) is 0.200. The minimum Gasteiger partial charge on any atom is -0.455 e. The summed E-state index contributed by atoms with van der Waals surface area (Å²) in [5, 5.41) is 0.740. The van der Waals surface area contributed by atoms with Crippen LogP contribution in [0.5, 0.6) is 0 Å². The summed E-state index contributed by atoms with van der Waals surface area (Å²) < 4.78 is 19.5. The first-order valence-corrected chi connectivity index (χ1v) is 6.90. The molecule has 1 saturated carbocycles. The number of fused-ring (bicyclic) bond motifs is 1. The van der Waals surface area contributed by atoms with Crippen molar-refractivity contribution in [3.63, 3.8) is 0 Å². The summed E-state index contributed by atoms with van der Waals surface area (Å²) in [6.07, 6.45) is 2.29. The van der Waals surface area contributed by atoms with E-state index in [1.807, 2.05) is 6.07 Å². The van der Waals surface area contributed by atoms with Crippen LogP contribution >= 0.6 is 12.2 Å². The van der Waals surface area contributed by atoms with Gasteiger partial charge in [0, 0.05) is 17.4 Å². The molecule has 0 bridgehead atoms. The van der Waals surface area contributed by atoms with Crippen molar-refractivity contribution < 1.29 is 8.81 Å². The molecule has 4 rings (SSSR count). The summed E-state index contributed by atoms with van der Waals surface area (Å²) in [6, 6.07) is 8.07. The van der Waals surface area contributed by atoms with Crippen molar-refractivity contribution in [3.05, 3.63) is 46.6 Å². The van der Waals surface area contributed by atoms with Gasteiger partial charge in [0.1, 0.15) is 21.9 Å². The number of rotatable bonds is 2. The summed E-state index contributed by atoms with van der Waals surface area (Å²) in [5.41, 5.74) is 1.45. The molecule has 5 heteroatoms. The van der Waals surface area contributed by atoms with Gasteiger partial charge in [-0.2, -0.15) is 0 Å². The van der Waals surface area contributed by atoms with Gasteiger partial charge in [0.15, 0.2) is 5.76 Å². The van der Waals surface area contributed by atoms with E-state index in [1.165, 1.54) is 12.1 Å². The van der Waals surface area contributed by atoms with Gasteiger partial charge in [0.2, 0.25) is 0 Å². The van der Waals surface area contributed by atoms with E-state index in [9.17, 15) is 4.39 Å². The van der Waals surface area contributed by atoms with Crippen molar-refractivity contribution in [1.82, 2.24) is 9.97 Å². The molecule has 1 fully saturated rings. The summed E-state index contributed by atoms with van der Waals surface area (Å²) in [4.78, 5) is 7.62. The number of halogens is 1. The van der Waals surface area contributed by atoms with Crippen LogP contribution in [0.25, 0.3) is 22.4 Å². The van der Waals surface area contributed by atoms with Crippen LogP contribution in [0.15, 0.2) is 34.7 Å². The quantitative estimate of drug-likeness (QED) is 0.702. The standard InChI is InChI=1S/C15H11FN2OS/c16-10-3-4-12-9(5-10)6-13(19-12)11-7-14(20)18-15(17-11)8-1-2-8/h3-8H,1-2H2,(H,17,18,20). The lowest BCUT2D eigenvalue weighted by molar-refractivity contribution is 0.617. The highest BCUT2D eigenvalue weighted by molar-refractivity contribution is 7.71. The van der Waals surface area contributed by atoms with Crippen LogP contribution in [0.2, 0.25) is 0 Å². The Labute approximate surface area is 119 Å². The van der Waals surface area contributed by atoms with Crippen molar-refractivity contribution in [3.8, 4) is 11.5 Å². The zero-order chi connectivity index (χ0) is 13.7. The van der Waals surface area contributed by atoms with E-state index in [0.717, 1.165) is 29.7 Å². The maximum Gasteiger partial charge on any atom is 0.151 e. The number of hydrogen-bond donors (Lipinski definition) is 1. The molecule has 2 heterocycles. The molecule has 3 aromatic rings. The predicted octanol–water partition coefficient (Wildman–Crippen LogP) is 4.57. The van der Waals surface area contributed by atoms with Crippen LogP contribution in [0.3, 0.4) is 0 Å². The Bertz CT molecular complexity index is 864. The third-order valence-electron chi connectivity index (χ3n) is 3.47. The molecule has 1 N–H and O–H groups in total. The molecule has 0 radical (unpaired) electrons. The Morgan fingerprint density at radius 1 is 1.25 bits per heavy atom. The Morgan fingerprint density at radius 2 is 2.10 bits per heavy atom. The largest absolute Gasteiger partial charge is 0.455 e. The molecule has 2 aromatic heterocycles. The smallest absolute Gasteiger partial charge is 0.151 e. The highest BCUT2D eigenvalue weighted by Gasteiger charge is 2.26. The molecular weight excluding hydrogens is 275 g/mol. The fourth-order valence-corrected chi connectivity index (χ4v) is 2.52. The number of benzene rings is 1. The van der Waals surface area contributed by atoms with Crippen LogP contribution in [0.4, 0.5) is 4.39 Å². The summed E-state index contributed by atoms with van der Waals surface area (Å²) in [5.74, 6) is 1.78. The van der Waals surface area contributed by atoms with Gasteiger partial charge in [-0.3, -0.25) is 0 Å². The zero-order valence-electron chi connectivity index (χ0n) is 10.5. The van der Waals surface area contributed by atoms with Gasteiger partial charge < -0.3 is 9.40 Å². The van der Waals surface area contributed by atoms with Crippen molar-refractivity contribution in [2.75, 3.05) is 0 Å². The second kappa shape index (κ2) is 4.24. The second-order valence-corrected chi connectivity index (χ2v) is 5.50. The maximum absolute atomic E-state index is 13.2. The average molecular weight is 286 g/mol. The van der Waals surface area contributed by atoms with E-state index in [4.69, 9.17) is 16.6 Å². The number of H-pyrrole nitrogens is 1. The van der Waals surface area contributed by atoms with Crippen LogP contribution < -0.4 is 0 Å². The summed E-state index contributed by atoms with van der Waals surface area (Å²) >= 11 is 5.20. The molecule has 0 aliphatic heterocycles. The third-order valence-corrected chi connectivity index (χ3v) is 3.68. The fourth-order valence-electron chi connectivity index (χ4n) is 2.31. The van der Waals surface area contributed by atoms with Crippen molar-refractivity contribution >= 4 is 23.2 Å². The maximum atomic E-state index is 13.2. The van der Waals surface area contributed by atoms with E-state index in [1.54, 1.807) is 12.1 Å². The van der Waals surface area contributed by atoms with Gasteiger partial charge in [0.25, 0.3) is 0 Å². The first kappa shape index (κ1) is 11.8. The second-order valence-electron chi connectivity index (χ2n) is 5.09. The lowest BCUT2D eigenvalue weighted by atomic mass is 10.2. The number of nitrogens with one attached hydrogen (secondary N) is 1. The molecule has 0 saturated heterocycles. The van der Waals surface area contributed by atoms with Gasteiger partial charge >= 0.3 is 0 Å². The molecule has 0 spiro atoms. The first-order valence-electron chi connectivity index (χ1n) is 6.50. The Balaban J connectivity index is 1.87. The minimum atomic E-state index is -0.272. The van der Waals surface area contributed by atoms with Gasteiger partial charge in [-0.15, -0.1) is 0 Å². The number of aromatic amines is 1. The Kier molecular flexibility index (Phi) is 2.50. The molecule has 0 atom stereocenters. The number of furan rings is 1. The molecule has 0 unspecified atom stereocenters. The first-order chi connectivity index (χ1) is 9.69. The van der Waals surface area contributed by atoms with Gasteiger partial charge in [-0.1, -0.05) is 12.2 Å². The Morgan fingerprint density at radius 3 is 2.90 bits per heavy atom. The molecule has 3 nitrogen and oxygen atoms in total. The van der Waals surface area contributed by atoms with Crippen LogP contribution in [-0.4, -0.2) is 9.97 Å². The van der Waals surface area contributed by atoms with E-state index < -0.39 is 0 Å². The minimum absolute atomic E-state index is 0.272. The van der Waals surface area contributed by atoms with Crippen molar-refractivity contribution in [1.29, 1.82) is 0 Å². The number of aromatic nitrogens is 2. The topological polar surface area (TPSA) is 41.8 Å².